The summed E-state index contributed by atoms with van der Waals surface area (Å²) in [6.45, 7) is 1.66. The lowest BCUT2D eigenvalue weighted by molar-refractivity contribution is 0.0691. The summed E-state index contributed by atoms with van der Waals surface area (Å²) in [5.41, 5.74) is 0.511. The lowest BCUT2D eigenvalue weighted by Gasteiger charge is -2.12. The van der Waals surface area contributed by atoms with Gasteiger partial charge in [0.25, 0.3) is 0 Å². The summed E-state index contributed by atoms with van der Waals surface area (Å²) in [4.78, 5) is 15.2. The molecule has 0 amide bonds. The van der Waals surface area contributed by atoms with Gasteiger partial charge in [0.2, 0.25) is 0 Å². The Morgan fingerprint density at radius 3 is 2.94 bits per heavy atom. The Labute approximate surface area is 103 Å². The van der Waals surface area contributed by atoms with Gasteiger partial charge in [-0.2, -0.15) is 5.10 Å². The fourth-order valence-corrected chi connectivity index (χ4v) is 1.56. The molecule has 0 aliphatic heterocycles. The first kappa shape index (κ1) is 11.9. The van der Waals surface area contributed by atoms with Crippen LogP contribution in [0.5, 0.6) is 5.75 Å². The molecule has 0 aliphatic rings. The Balaban J connectivity index is 2.67. The molecule has 0 saturated heterocycles. The van der Waals surface area contributed by atoms with E-state index in [-0.39, 0.29) is 11.3 Å². The van der Waals surface area contributed by atoms with E-state index in [1.807, 2.05) is 0 Å². The van der Waals surface area contributed by atoms with Crippen LogP contribution in [0.3, 0.4) is 0 Å². The highest BCUT2D eigenvalue weighted by Crippen LogP contribution is 2.28. The Kier molecular flexibility index (Phi) is 2.90. The molecule has 2 heterocycles. The van der Waals surface area contributed by atoms with Crippen molar-refractivity contribution in [1.82, 2.24) is 14.8 Å². The van der Waals surface area contributed by atoms with Gasteiger partial charge in [-0.1, -0.05) is 5.92 Å². The maximum Gasteiger partial charge on any atom is 0.341 e. The number of aryl methyl sites for hydroxylation is 1. The predicted octanol–water partition coefficient (Wildman–Crippen LogP) is 1.07. The van der Waals surface area contributed by atoms with Crippen molar-refractivity contribution in [3.63, 3.8) is 0 Å². The Hall–Kier alpha value is -2.55. The van der Waals surface area contributed by atoms with Gasteiger partial charge in [0, 0.05) is 13.2 Å². The van der Waals surface area contributed by atoms with Crippen LogP contribution in [0.15, 0.2) is 12.4 Å². The lowest BCUT2D eigenvalue weighted by atomic mass is 10.2. The monoisotopic (exact) mass is 245 g/mol. The maximum atomic E-state index is 11.1. The van der Waals surface area contributed by atoms with Crippen LogP contribution in [0.1, 0.15) is 17.3 Å². The average Bonchev–Trinajstić information content (AvgIpc) is 2.71. The summed E-state index contributed by atoms with van der Waals surface area (Å²) in [7, 11) is 1.71. The van der Waals surface area contributed by atoms with E-state index < -0.39 is 12.1 Å². The van der Waals surface area contributed by atoms with E-state index in [4.69, 9.17) is 16.3 Å². The first-order valence-electron chi connectivity index (χ1n) is 5.21. The lowest BCUT2D eigenvalue weighted by Crippen LogP contribution is -2.12. The van der Waals surface area contributed by atoms with Crippen molar-refractivity contribution in [2.45, 2.75) is 13.0 Å². The van der Waals surface area contributed by atoms with Gasteiger partial charge in [-0.15, -0.1) is 6.42 Å². The molecule has 1 unspecified atom stereocenters. The van der Waals surface area contributed by atoms with Crippen LogP contribution >= 0.6 is 0 Å². The van der Waals surface area contributed by atoms with Crippen LogP contribution in [-0.4, -0.2) is 31.9 Å². The second kappa shape index (κ2) is 4.37. The molecule has 2 aromatic heterocycles. The number of hydrogen-bond acceptors (Lipinski definition) is 4. The van der Waals surface area contributed by atoms with Crippen LogP contribution in [-0.2, 0) is 7.05 Å². The van der Waals surface area contributed by atoms with E-state index in [1.165, 1.54) is 17.1 Å². The quantitative estimate of drug-likeness (QED) is 0.818. The molecule has 6 heteroatoms. The molecule has 2 rings (SSSR count). The number of aromatic carboxylic acids is 1. The van der Waals surface area contributed by atoms with E-state index in [0.717, 1.165) is 0 Å². The summed E-state index contributed by atoms with van der Waals surface area (Å²) in [6.07, 6.45) is 7.45. The SMILES string of the molecule is C#CC(C)Oc1c(C(=O)O)cnc2c1cnn2C. The molecule has 0 saturated carbocycles. The molecule has 0 bridgehead atoms. The molecule has 0 spiro atoms. The van der Waals surface area contributed by atoms with E-state index >= 15 is 0 Å². The summed E-state index contributed by atoms with van der Waals surface area (Å²) in [5.74, 6) is 1.47. The average molecular weight is 245 g/mol. The molecule has 6 nitrogen and oxygen atoms in total. The Bertz CT molecular complexity index is 654. The number of nitrogens with zero attached hydrogens (tertiary/aromatic N) is 3. The number of terminal acetylenes is 1. The summed E-state index contributed by atoms with van der Waals surface area (Å²) in [6, 6.07) is 0. The van der Waals surface area contributed by atoms with Crippen molar-refractivity contribution >= 4 is 17.0 Å². The summed E-state index contributed by atoms with van der Waals surface area (Å²) in [5, 5.41) is 13.7. The van der Waals surface area contributed by atoms with E-state index in [2.05, 4.69) is 16.0 Å². The number of hydrogen-bond donors (Lipinski definition) is 1. The van der Waals surface area contributed by atoms with Crippen molar-refractivity contribution < 1.29 is 14.6 Å². The number of carboxylic acid groups (broad SMARTS) is 1. The number of ether oxygens (including phenoxy) is 1. The molecule has 92 valence electrons. The van der Waals surface area contributed by atoms with Crippen LogP contribution in [0, 0.1) is 12.3 Å². The smallest absolute Gasteiger partial charge is 0.341 e. The van der Waals surface area contributed by atoms with E-state index in [0.29, 0.717) is 11.0 Å². The first-order valence-corrected chi connectivity index (χ1v) is 5.21. The van der Waals surface area contributed by atoms with Crippen LogP contribution in [0.2, 0.25) is 0 Å². The molecule has 2 aromatic rings. The number of fused-ring (bicyclic) bond motifs is 1. The van der Waals surface area contributed by atoms with Gasteiger partial charge in [0.1, 0.15) is 11.3 Å². The van der Waals surface area contributed by atoms with Gasteiger partial charge >= 0.3 is 5.97 Å². The summed E-state index contributed by atoms with van der Waals surface area (Å²) >= 11 is 0. The van der Waals surface area contributed by atoms with Gasteiger partial charge in [0.05, 0.1) is 11.6 Å². The number of carboxylic acids is 1. The zero-order valence-electron chi connectivity index (χ0n) is 9.91. The van der Waals surface area contributed by atoms with Crippen molar-refractivity contribution in [2.75, 3.05) is 0 Å². The van der Waals surface area contributed by atoms with Crippen LogP contribution in [0.25, 0.3) is 11.0 Å². The minimum atomic E-state index is -1.12. The molecule has 0 radical (unpaired) electrons. The highest BCUT2D eigenvalue weighted by atomic mass is 16.5. The topological polar surface area (TPSA) is 77.2 Å². The first-order chi connectivity index (χ1) is 8.54. The van der Waals surface area contributed by atoms with Crippen LogP contribution in [0.4, 0.5) is 0 Å². The van der Waals surface area contributed by atoms with Gasteiger partial charge < -0.3 is 9.84 Å². The normalized spacial score (nSPS) is 12.1. The fraction of sp³-hybridized carbons (Fsp3) is 0.250. The van der Waals surface area contributed by atoms with Gasteiger partial charge in [-0.25, -0.2) is 9.78 Å². The molecular weight excluding hydrogens is 234 g/mol. The largest absolute Gasteiger partial charge is 0.477 e. The summed E-state index contributed by atoms with van der Waals surface area (Å²) < 4.78 is 7.01. The molecule has 18 heavy (non-hydrogen) atoms. The van der Waals surface area contributed by atoms with Crippen molar-refractivity contribution in [1.29, 1.82) is 0 Å². The zero-order valence-corrected chi connectivity index (χ0v) is 9.91. The van der Waals surface area contributed by atoms with Crippen molar-refractivity contribution in [3.8, 4) is 18.1 Å². The predicted molar refractivity (Wildman–Crippen MR) is 64.4 cm³/mol. The van der Waals surface area contributed by atoms with Gasteiger partial charge in [-0.3, -0.25) is 4.68 Å². The maximum absolute atomic E-state index is 11.1. The van der Waals surface area contributed by atoms with Crippen molar-refractivity contribution in [2.24, 2.45) is 7.05 Å². The fourth-order valence-electron chi connectivity index (χ4n) is 1.56. The van der Waals surface area contributed by atoms with Gasteiger partial charge in [0.15, 0.2) is 11.8 Å². The third-order valence-corrected chi connectivity index (χ3v) is 2.47. The second-order valence-corrected chi connectivity index (χ2v) is 3.74. The molecule has 0 fully saturated rings. The Morgan fingerprint density at radius 2 is 2.33 bits per heavy atom. The van der Waals surface area contributed by atoms with Crippen LogP contribution < -0.4 is 4.74 Å². The minimum Gasteiger partial charge on any atom is -0.477 e. The number of pyridine rings is 1. The van der Waals surface area contributed by atoms with E-state index in [1.54, 1.807) is 14.0 Å². The number of carbonyl (C=O) groups is 1. The van der Waals surface area contributed by atoms with Crippen molar-refractivity contribution in [3.05, 3.63) is 18.0 Å². The van der Waals surface area contributed by atoms with Gasteiger partial charge in [-0.05, 0) is 6.92 Å². The molecular formula is C12H11N3O3. The molecule has 1 N–H and O–H groups in total. The third-order valence-electron chi connectivity index (χ3n) is 2.47. The standard InChI is InChI=1S/C12H11N3O3/c1-4-7(2)18-10-8-6-14-15(3)11(8)13-5-9(10)12(16)17/h1,5-7H,2-3H3,(H,16,17). The zero-order chi connectivity index (χ0) is 13.3. The highest BCUT2D eigenvalue weighted by molar-refractivity contribution is 5.97. The molecule has 1 atom stereocenters. The number of aromatic nitrogens is 3. The molecule has 0 aromatic carbocycles. The Morgan fingerprint density at radius 1 is 1.61 bits per heavy atom. The highest BCUT2D eigenvalue weighted by Gasteiger charge is 2.19. The number of rotatable bonds is 3. The van der Waals surface area contributed by atoms with E-state index in [9.17, 15) is 4.79 Å². The third kappa shape index (κ3) is 1.86. The minimum absolute atomic E-state index is 0.0300. The second-order valence-electron chi connectivity index (χ2n) is 3.74. The molecule has 0 aliphatic carbocycles.